The molecule has 2 heterocycles. The van der Waals surface area contributed by atoms with Gasteiger partial charge in [0.05, 0.1) is 0 Å². The van der Waals surface area contributed by atoms with E-state index in [9.17, 15) is 0 Å². The maximum atomic E-state index is 5.42. The molecule has 0 bridgehead atoms. The largest absolute Gasteiger partial charge is 0.381 e. The molecule has 94 valence electrons. The minimum Gasteiger partial charge on any atom is -0.381 e. The van der Waals surface area contributed by atoms with E-state index in [4.69, 9.17) is 4.74 Å². The second-order valence-corrected chi connectivity index (χ2v) is 4.68. The maximum Gasteiger partial charge on any atom is 0.0468 e. The van der Waals surface area contributed by atoms with Gasteiger partial charge in [0.15, 0.2) is 0 Å². The fraction of sp³-hybridized carbons (Fsp3) is 0.643. The van der Waals surface area contributed by atoms with Gasteiger partial charge in [-0.1, -0.05) is 6.92 Å². The average molecular weight is 234 g/mol. The summed E-state index contributed by atoms with van der Waals surface area (Å²) in [5.41, 5.74) is 1.35. The molecule has 0 saturated carbocycles. The monoisotopic (exact) mass is 234 g/mol. The van der Waals surface area contributed by atoms with E-state index in [0.717, 1.165) is 25.7 Å². The van der Waals surface area contributed by atoms with Crippen LogP contribution < -0.4 is 5.32 Å². The predicted molar refractivity (Wildman–Crippen MR) is 68.8 cm³/mol. The molecule has 1 aliphatic rings. The Kier molecular flexibility index (Phi) is 4.95. The highest BCUT2D eigenvalue weighted by Gasteiger charge is 2.19. The lowest BCUT2D eigenvalue weighted by molar-refractivity contribution is 0.0606. The minimum atomic E-state index is 0.464. The van der Waals surface area contributed by atoms with Crippen molar-refractivity contribution >= 4 is 0 Å². The Hall–Kier alpha value is -0.930. The number of hydrogen-bond donors (Lipinski definition) is 1. The number of pyridine rings is 1. The Morgan fingerprint density at radius 2 is 2.06 bits per heavy atom. The molecule has 3 nitrogen and oxygen atoms in total. The van der Waals surface area contributed by atoms with Gasteiger partial charge in [0, 0.05) is 31.6 Å². The smallest absolute Gasteiger partial charge is 0.0468 e. The van der Waals surface area contributed by atoms with Gasteiger partial charge < -0.3 is 10.1 Å². The first-order chi connectivity index (χ1) is 8.40. The predicted octanol–water partition coefficient (Wildman–Crippen LogP) is 2.55. The van der Waals surface area contributed by atoms with Gasteiger partial charge in [-0.25, -0.2) is 0 Å². The maximum absolute atomic E-state index is 5.42. The third-order valence-corrected chi connectivity index (χ3v) is 3.47. The van der Waals surface area contributed by atoms with Crippen molar-refractivity contribution < 1.29 is 4.74 Å². The third kappa shape index (κ3) is 3.79. The van der Waals surface area contributed by atoms with Crippen molar-refractivity contribution in [1.82, 2.24) is 10.3 Å². The molecule has 1 fully saturated rings. The standard InChI is InChI=1S/C14H22N2O/c1-2-16-14(13-3-7-15-8-4-13)11-12-5-9-17-10-6-12/h3-4,7-8,12,14,16H,2,5-6,9-11H2,1H3. The van der Waals surface area contributed by atoms with Crippen LogP contribution in [-0.2, 0) is 4.74 Å². The fourth-order valence-electron chi connectivity index (χ4n) is 2.49. The van der Waals surface area contributed by atoms with Gasteiger partial charge in [-0.15, -0.1) is 0 Å². The average Bonchev–Trinajstić information content (AvgIpc) is 2.40. The Morgan fingerprint density at radius 3 is 2.71 bits per heavy atom. The van der Waals surface area contributed by atoms with E-state index >= 15 is 0 Å². The van der Waals surface area contributed by atoms with Crippen LogP contribution in [0.25, 0.3) is 0 Å². The summed E-state index contributed by atoms with van der Waals surface area (Å²) in [6, 6.07) is 4.70. The van der Waals surface area contributed by atoms with Crippen LogP contribution in [-0.4, -0.2) is 24.7 Å². The van der Waals surface area contributed by atoms with Crippen molar-refractivity contribution in [2.45, 2.75) is 32.2 Å². The van der Waals surface area contributed by atoms with Gasteiger partial charge in [-0.2, -0.15) is 0 Å². The Labute approximate surface area is 104 Å². The Bertz CT molecular complexity index is 309. The summed E-state index contributed by atoms with van der Waals surface area (Å²) in [7, 11) is 0. The molecule has 0 radical (unpaired) electrons. The van der Waals surface area contributed by atoms with Crippen LogP contribution >= 0.6 is 0 Å². The van der Waals surface area contributed by atoms with Crippen LogP contribution in [0.2, 0.25) is 0 Å². The van der Waals surface area contributed by atoms with E-state index in [1.54, 1.807) is 0 Å². The summed E-state index contributed by atoms with van der Waals surface area (Å²) < 4.78 is 5.42. The lowest BCUT2D eigenvalue weighted by Gasteiger charge is -2.27. The first-order valence-electron chi connectivity index (χ1n) is 6.61. The molecular formula is C14H22N2O. The van der Waals surface area contributed by atoms with Crippen molar-refractivity contribution in [3.63, 3.8) is 0 Å². The number of nitrogens with zero attached hydrogens (tertiary/aromatic N) is 1. The van der Waals surface area contributed by atoms with Crippen molar-refractivity contribution in [2.75, 3.05) is 19.8 Å². The van der Waals surface area contributed by atoms with Gasteiger partial charge in [-0.3, -0.25) is 4.98 Å². The molecule has 0 aromatic carbocycles. The molecule has 2 rings (SSSR count). The van der Waals surface area contributed by atoms with Gasteiger partial charge in [0.25, 0.3) is 0 Å². The topological polar surface area (TPSA) is 34.1 Å². The van der Waals surface area contributed by atoms with E-state index in [2.05, 4.69) is 29.4 Å². The van der Waals surface area contributed by atoms with Gasteiger partial charge in [-0.05, 0) is 49.4 Å². The van der Waals surface area contributed by atoms with Gasteiger partial charge >= 0.3 is 0 Å². The first kappa shape index (κ1) is 12.5. The van der Waals surface area contributed by atoms with Crippen molar-refractivity contribution in [1.29, 1.82) is 0 Å². The van der Waals surface area contributed by atoms with Crippen LogP contribution in [0.3, 0.4) is 0 Å². The van der Waals surface area contributed by atoms with Crippen molar-refractivity contribution in [2.24, 2.45) is 5.92 Å². The molecule has 1 aromatic heterocycles. The summed E-state index contributed by atoms with van der Waals surface area (Å²) in [5, 5.41) is 3.58. The zero-order chi connectivity index (χ0) is 11.9. The molecule has 1 aliphatic heterocycles. The zero-order valence-corrected chi connectivity index (χ0v) is 10.6. The zero-order valence-electron chi connectivity index (χ0n) is 10.6. The lowest BCUT2D eigenvalue weighted by atomic mass is 9.90. The summed E-state index contributed by atoms with van der Waals surface area (Å²) in [5.74, 6) is 0.793. The quantitative estimate of drug-likeness (QED) is 0.850. The Balaban J connectivity index is 1.96. The fourth-order valence-corrected chi connectivity index (χ4v) is 2.49. The van der Waals surface area contributed by atoms with Crippen LogP contribution in [0.4, 0.5) is 0 Å². The van der Waals surface area contributed by atoms with Crippen LogP contribution in [0.1, 0.15) is 37.8 Å². The molecule has 17 heavy (non-hydrogen) atoms. The molecule has 0 aliphatic carbocycles. The van der Waals surface area contributed by atoms with E-state index in [1.807, 2.05) is 12.4 Å². The molecule has 1 unspecified atom stereocenters. The molecule has 0 amide bonds. The SMILES string of the molecule is CCNC(CC1CCOCC1)c1ccncc1. The number of hydrogen-bond acceptors (Lipinski definition) is 3. The Morgan fingerprint density at radius 1 is 1.35 bits per heavy atom. The molecule has 1 saturated heterocycles. The lowest BCUT2D eigenvalue weighted by Crippen LogP contribution is -2.26. The van der Waals surface area contributed by atoms with Crippen LogP contribution in [0.15, 0.2) is 24.5 Å². The van der Waals surface area contributed by atoms with E-state index < -0.39 is 0 Å². The normalized spacial score (nSPS) is 19.1. The number of rotatable bonds is 5. The van der Waals surface area contributed by atoms with E-state index in [1.165, 1.54) is 24.8 Å². The minimum absolute atomic E-state index is 0.464. The van der Waals surface area contributed by atoms with E-state index in [0.29, 0.717) is 6.04 Å². The second kappa shape index (κ2) is 6.72. The number of nitrogens with one attached hydrogen (secondary N) is 1. The summed E-state index contributed by atoms with van der Waals surface area (Å²) in [6.45, 7) is 5.04. The number of aromatic nitrogens is 1. The summed E-state index contributed by atoms with van der Waals surface area (Å²) in [4.78, 5) is 4.09. The molecule has 1 aromatic rings. The third-order valence-electron chi connectivity index (χ3n) is 3.47. The summed E-state index contributed by atoms with van der Waals surface area (Å²) >= 11 is 0. The molecule has 1 N–H and O–H groups in total. The van der Waals surface area contributed by atoms with Crippen molar-refractivity contribution in [3.05, 3.63) is 30.1 Å². The van der Waals surface area contributed by atoms with Gasteiger partial charge in [0.2, 0.25) is 0 Å². The van der Waals surface area contributed by atoms with E-state index in [-0.39, 0.29) is 0 Å². The molecule has 0 spiro atoms. The molecule has 3 heteroatoms. The summed E-state index contributed by atoms with van der Waals surface area (Å²) in [6.07, 6.45) is 7.37. The molecular weight excluding hydrogens is 212 g/mol. The highest BCUT2D eigenvalue weighted by molar-refractivity contribution is 5.15. The van der Waals surface area contributed by atoms with Gasteiger partial charge in [0.1, 0.15) is 0 Å². The first-order valence-corrected chi connectivity index (χ1v) is 6.61. The van der Waals surface area contributed by atoms with Crippen LogP contribution in [0, 0.1) is 5.92 Å². The van der Waals surface area contributed by atoms with Crippen LogP contribution in [0.5, 0.6) is 0 Å². The highest BCUT2D eigenvalue weighted by Crippen LogP contribution is 2.27. The second-order valence-electron chi connectivity index (χ2n) is 4.68. The molecule has 1 atom stereocenters. The number of ether oxygens (including phenoxy) is 1. The van der Waals surface area contributed by atoms with Crippen molar-refractivity contribution in [3.8, 4) is 0 Å². The highest BCUT2D eigenvalue weighted by atomic mass is 16.5.